The lowest BCUT2D eigenvalue weighted by atomic mass is 10.1. The van der Waals surface area contributed by atoms with Gasteiger partial charge in [-0.1, -0.05) is 24.8 Å². The maximum Gasteiger partial charge on any atom is 0.243 e. The minimum Gasteiger partial charge on any atom is -0.490 e. The molecule has 4 nitrogen and oxygen atoms in total. The topological polar surface area (TPSA) is 50.4 Å². The molecule has 0 aliphatic rings. The van der Waals surface area contributed by atoms with Gasteiger partial charge in [-0.15, -0.1) is 0 Å². The third-order valence-electron chi connectivity index (χ3n) is 3.55. The van der Waals surface area contributed by atoms with Gasteiger partial charge in [0.15, 0.2) is 0 Å². The highest BCUT2D eigenvalue weighted by Gasteiger charge is 2.06. The van der Waals surface area contributed by atoms with E-state index in [-0.39, 0.29) is 12.5 Å². The van der Waals surface area contributed by atoms with Crippen molar-refractivity contribution in [3.63, 3.8) is 0 Å². The molecule has 1 amide bonds. The molecule has 0 saturated carbocycles. The Hall–Kier alpha value is -2.75. The van der Waals surface area contributed by atoms with Gasteiger partial charge in [0.1, 0.15) is 12.4 Å². The quantitative estimate of drug-likeness (QED) is 0.762. The molecule has 0 aliphatic heterocycles. The third kappa shape index (κ3) is 4.88. The van der Waals surface area contributed by atoms with E-state index in [0.29, 0.717) is 6.61 Å². The van der Waals surface area contributed by atoms with Crippen molar-refractivity contribution in [2.24, 2.45) is 0 Å². The molecule has 0 heterocycles. The number of amides is 1. The van der Waals surface area contributed by atoms with Crippen LogP contribution in [0.3, 0.4) is 0 Å². The molecule has 2 rings (SSSR count). The second kappa shape index (κ2) is 8.03. The van der Waals surface area contributed by atoms with Crippen molar-refractivity contribution in [2.75, 3.05) is 23.8 Å². The molecular weight excluding hydrogens is 288 g/mol. The van der Waals surface area contributed by atoms with Crippen molar-refractivity contribution < 1.29 is 9.53 Å². The summed E-state index contributed by atoms with van der Waals surface area (Å²) < 4.78 is 5.41. The van der Waals surface area contributed by atoms with Crippen LogP contribution in [0.1, 0.15) is 11.1 Å². The van der Waals surface area contributed by atoms with Crippen LogP contribution in [0.4, 0.5) is 11.4 Å². The molecule has 0 aliphatic carbocycles. The number of aryl methyl sites for hydroxylation is 1. The summed E-state index contributed by atoms with van der Waals surface area (Å²) in [5.74, 6) is 0.695. The van der Waals surface area contributed by atoms with Crippen molar-refractivity contribution in [1.82, 2.24) is 0 Å². The van der Waals surface area contributed by atoms with Crippen molar-refractivity contribution in [2.45, 2.75) is 13.8 Å². The number of hydrogen-bond donors (Lipinski definition) is 2. The molecule has 23 heavy (non-hydrogen) atoms. The van der Waals surface area contributed by atoms with Crippen molar-refractivity contribution in [1.29, 1.82) is 0 Å². The minimum atomic E-state index is -0.0781. The average molecular weight is 310 g/mol. The van der Waals surface area contributed by atoms with Crippen LogP contribution in [0.15, 0.2) is 55.1 Å². The Balaban J connectivity index is 1.86. The lowest BCUT2D eigenvalue weighted by molar-refractivity contribution is -0.114. The zero-order valence-corrected chi connectivity index (χ0v) is 13.6. The van der Waals surface area contributed by atoms with Crippen LogP contribution in [0, 0.1) is 13.8 Å². The Kier molecular flexibility index (Phi) is 5.80. The number of carbonyl (C=O) groups excluding carboxylic acids is 1. The third-order valence-corrected chi connectivity index (χ3v) is 3.55. The molecule has 0 fully saturated rings. The van der Waals surface area contributed by atoms with Crippen molar-refractivity contribution in [3.8, 4) is 5.75 Å². The molecule has 2 aromatic carbocycles. The second-order valence-corrected chi connectivity index (χ2v) is 5.27. The van der Waals surface area contributed by atoms with E-state index >= 15 is 0 Å². The fourth-order valence-electron chi connectivity index (χ4n) is 2.09. The van der Waals surface area contributed by atoms with E-state index in [1.165, 1.54) is 0 Å². The Bertz CT molecular complexity index is 678. The van der Waals surface area contributed by atoms with E-state index in [9.17, 15) is 4.79 Å². The molecular formula is C19H22N2O2. The van der Waals surface area contributed by atoms with Crippen LogP contribution in [0.2, 0.25) is 0 Å². The van der Waals surface area contributed by atoms with Crippen LogP contribution >= 0.6 is 0 Å². The van der Waals surface area contributed by atoms with Crippen LogP contribution in [-0.4, -0.2) is 19.1 Å². The van der Waals surface area contributed by atoms with E-state index < -0.39 is 0 Å². The first-order chi connectivity index (χ1) is 11.1. The van der Waals surface area contributed by atoms with E-state index in [1.807, 2.05) is 56.3 Å². The largest absolute Gasteiger partial charge is 0.490 e. The van der Waals surface area contributed by atoms with Gasteiger partial charge in [0.25, 0.3) is 0 Å². The fraction of sp³-hybridized carbons (Fsp3) is 0.211. The molecule has 0 saturated heterocycles. The summed E-state index contributed by atoms with van der Waals surface area (Å²) in [5, 5.41) is 6.02. The lowest BCUT2D eigenvalue weighted by Crippen LogP contribution is -2.22. The Morgan fingerprint density at radius 1 is 1.17 bits per heavy atom. The van der Waals surface area contributed by atoms with Gasteiger partial charge < -0.3 is 15.4 Å². The predicted octanol–water partition coefficient (Wildman–Crippen LogP) is 3.92. The standard InChI is InChI=1S/C19H22N2O2/c1-4-12-23-17-10-8-16(9-11-17)20-13-19(22)21-18-7-5-6-14(2)15(18)3/h4-11,20H,1,12-13H2,2-3H3,(H,21,22). The summed E-state index contributed by atoms with van der Waals surface area (Å²) in [4.78, 5) is 12.0. The predicted molar refractivity (Wildman–Crippen MR) is 95.2 cm³/mol. The number of benzene rings is 2. The van der Waals surface area contributed by atoms with Crippen LogP contribution in [0.5, 0.6) is 5.75 Å². The molecule has 0 aromatic heterocycles. The summed E-state index contributed by atoms with van der Waals surface area (Å²) in [7, 11) is 0. The van der Waals surface area contributed by atoms with Gasteiger partial charge in [-0.05, 0) is 55.3 Å². The summed E-state index contributed by atoms with van der Waals surface area (Å²) in [6, 6.07) is 13.3. The molecule has 0 spiro atoms. The fourth-order valence-corrected chi connectivity index (χ4v) is 2.09. The van der Waals surface area contributed by atoms with Gasteiger partial charge in [-0.3, -0.25) is 4.79 Å². The highest BCUT2D eigenvalue weighted by Crippen LogP contribution is 2.18. The van der Waals surface area contributed by atoms with E-state index in [1.54, 1.807) is 6.08 Å². The molecule has 2 N–H and O–H groups in total. The summed E-state index contributed by atoms with van der Waals surface area (Å²) in [5.41, 5.74) is 3.97. The minimum absolute atomic E-state index is 0.0781. The molecule has 0 unspecified atom stereocenters. The number of ether oxygens (including phenoxy) is 1. The number of carbonyl (C=O) groups is 1. The van der Waals surface area contributed by atoms with Crippen LogP contribution < -0.4 is 15.4 Å². The number of hydrogen-bond acceptors (Lipinski definition) is 3. The zero-order chi connectivity index (χ0) is 16.7. The van der Waals surface area contributed by atoms with Gasteiger partial charge >= 0.3 is 0 Å². The normalized spacial score (nSPS) is 10.0. The van der Waals surface area contributed by atoms with E-state index in [2.05, 4.69) is 17.2 Å². The first kappa shape index (κ1) is 16.6. The molecule has 4 heteroatoms. The van der Waals surface area contributed by atoms with Gasteiger partial charge in [0, 0.05) is 11.4 Å². The molecule has 0 atom stereocenters. The lowest BCUT2D eigenvalue weighted by Gasteiger charge is -2.11. The molecule has 120 valence electrons. The Morgan fingerprint density at radius 2 is 1.91 bits per heavy atom. The summed E-state index contributed by atoms with van der Waals surface area (Å²) in [6.07, 6.45) is 1.70. The summed E-state index contributed by atoms with van der Waals surface area (Å²) in [6.45, 7) is 8.32. The smallest absolute Gasteiger partial charge is 0.243 e. The monoisotopic (exact) mass is 310 g/mol. The maximum atomic E-state index is 12.0. The maximum absolute atomic E-state index is 12.0. The van der Waals surface area contributed by atoms with Gasteiger partial charge in [0.2, 0.25) is 5.91 Å². The van der Waals surface area contributed by atoms with Gasteiger partial charge in [0.05, 0.1) is 6.54 Å². The molecule has 0 radical (unpaired) electrons. The van der Waals surface area contributed by atoms with Crippen LogP contribution in [0.25, 0.3) is 0 Å². The second-order valence-electron chi connectivity index (χ2n) is 5.27. The first-order valence-electron chi connectivity index (χ1n) is 7.54. The average Bonchev–Trinajstić information content (AvgIpc) is 2.56. The highest BCUT2D eigenvalue weighted by atomic mass is 16.5. The van der Waals surface area contributed by atoms with E-state index in [0.717, 1.165) is 28.3 Å². The highest BCUT2D eigenvalue weighted by molar-refractivity contribution is 5.94. The van der Waals surface area contributed by atoms with Crippen molar-refractivity contribution in [3.05, 3.63) is 66.2 Å². The zero-order valence-electron chi connectivity index (χ0n) is 13.6. The first-order valence-corrected chi connectivity index (χ1v) is 7.54. The SMILES string of the molecule is C=CCOc1ccc(NCC(=O)Nc2cccc(C)c2C)cc1. The molecule has 0 bridgehead atoms. The van der Waals surface area contributed by atoms with Crippen LogP contribution in [-0.2, 0) is 4.79 Å². The Labute approximate surface area is 137 Å². The van der Waals surface area contributed by atoms with Gasteiger partial charge in [-0.25, -0.2) is 0 Å². The van der Waals surface area contributed by atoms with Gasteiger partial charge in [-0.2, -0.15) is 0 Å². The van der Waals surface area contributed by atoms with Crippen molar-refractivity contribution >= 4 is 17.3 Å². The summed E-state index contributed by atoms with van der Waals surface area (Å²) >= 11 is 0. The number of nitrogens with one attached hydrogen (secondary N) is 2. The number of anilines is 2. The van der Waals surface area contributed by atoms with E-state index in [4.69, 9.17) is 4.74 Å². The number of rotatable bonds is 7. The Morgan fingerprint density at radius 3 is 2.61 bits per heavy atom. The molecule has 2 aromatic rings.